The molecule has 0 radical (unpaired) electrons. The van der Waals surface area contributed by atoms with Gasteiger partial charge in [0.2, 0.25) is 0 Å². The molecule has 2 rings (SSSR count). The van der Waals surface area contributed by atoms with Crippen LogP contribution in [0.2, 0.25) is 0 Å². The molecular formula is C21H28FNO2. The van der Waals surface area contributed by atoms with Gasteiger partial charge in [-0.05, 0) is 36.5 Å². The number of carboxylic acid groups (broad SMARTS) is 1. The maximum Gasteiger partial charge on any atom is 0.355 e. The molecule has 0 aliphatic carbocycles. The van der Waals surface area contributed by atoms with Crippen LogP contribution in [0, 0.1) is 12.7 Å². The number of benzene rings is 1. The van der Waals surface area contributed by atoms with Crippen LogP contribution in [-0.4, -0.2) is 16.1 Å². The van der Waals surface area contributed by atoms with Crippen molar-refractivity contribution in [3.05, 3.63) is 47.0 Å². The molecule has 1 aromatic carbocycles. The molecule has 2 aromatic rings. The summed E-state index contributed by atoms with van der Waals surface area (Å²) in [6.07, 6.45) is 11.3. The second kappa shape index (κ2) is 9.40. The summed E-state index contributed by atoms with van der Waals surface area (Å²) in [6.45, 7) is 4.14. The first-order valence-corrected chi connectivity index (χ1v) is 9.24. The minimum absolute atomic E-state index is 0.330. The Balaban J connectivity index is 2.00. The first-order valence-electron chi connectivity index (χ1n) is 9.24. The molecule has 0 spiro atoms. The summed E-state index contributed by atoms with van der Waals surface area (Å²) < 4.78 is 14.3. The van der Waals surface area contributed by atoms with Gasteiger partial charge < -0.3 is 10.1 Å². The highest BCUT2D eigenvalue weighted by Crippen LogP contribution is 2.29. The number of aromatic carboxylic acids is 1. The zero-order valence-electron chi connectivity index (χ0n) is 15.2. The largest absolute Gasteiger partial charge is 0.476 e. The maximum atomic E-state index is 14.3. The molecule has 0 saturated carbocycles. The lowest BCUT2D eigenvalue weighted by Crippen LogP contribution is -1.99. The molecule has 4 heteroatoms. The smallest absolute Gasteiger partial charge is 0.355 e. The van der Waals surface area contributed by atoms with Crippen molar-refractivity contribution < 1.29 is 14.3 Å². The number of aryl methyl sites for hydroxylation is 2. The molecule has 0 aliphatic rings. The minimum atomic E-state index is -1.28. The van der Waals surface area contributed by atoms with Gasteiger partial charge in [0, 0.05) is 11.8 Å². The van der Waals surface area contributed by atoms with E-state index in [-0.39, 0.29) is 5.69 Å². The van der Waals surface area contributed by atoms with E-state index in [2.05, 4.69) is 18.0 Å². The molecule has 0 saturated heterocycles. The third-order valence-corrected chi connectivity index (χ3v) is 4.69. The molecule has 0 aliphatic heterocycles. The predicted octanol–water partition coefficient (Wildman–Crippen LogP) is 6.12. The summed E-state index contributed by atoms with van der Waals surface area (Å²) in [7, 11) is 0. The Labute approximate surface area is 149 Å². The third-order valence-electron chi connectivity index (χ3n) is 4.69. The zero-order valence-corrected chi connectivity index (χ0v) is 15.2. The van der Waals surface area contributed by atoms with Gasteiger partial charge in [0.15, 0.2) is 11.5 Å². The summed E-state index contributed by atoms with van der Waals surface area (Å²) >= 11 is 0. The number of carboxylic acids is 1. The molecule has 0 bridgehead atoms. The van der Waals surface area contributed by atoms with Crippen molar-refractivity contribution in [3.63, 3.8) is 0 Å². The van der Waals surface area contributed by atoms with Crippen LogP contribution in [0.4, 0.5) is 4.39 Å². The number of carbonyl (C=O) groups is 1. The molecule has 25 heavy (non-hydrogen) atoms. The molecule has 3 nitrogen and oxygen atoms in total. The summed E-state index contributed by atoms with van der Waals surface area (Å²) in [5, 5.41) is 9.00. The molecule has 0 amide bonds. The summed E-state index contributed by atoms with van der Waals surface area (Å²) in [5.74, 6) is -1.97. The Morgan fingerprint density at radius 3 is 2.40 bits per heavy atom. The second-order valence-corrected chi connectivity index (χ2v) is 6.72. The van der Waals surface area contributed by atoms with Crippen LogP contribution in [-0.2, 0) is 6.42 Å². The van der Waals surface area contributed by atoms with E-state index in [9.17, 15) is 9.18 Å². The van der Waals surface area contributed by atoms with Gasteiger partial charge in [-0.1, -0.05) is 63.6 Å². The number of rotatable bonds is 10. The number of H-pyrrole nitrogens is 1. The quantitative estimate of drug-likeness (QED) is 0.510. The fraction of sp³-hybridized carbons (Fsp3) is 0.476. The van der Waals surface area contributed by atoms with Gasteiger partial charge in [-0.15, -0.1) is 0 Å². The molecule has 136 valence electrons. The van der Waals surface area contributed by atoms with Crippen LogP contribution in [0.3, 0.4) is 0 Å². The van der Waals surface area contributed by atoms with Gasteiger partial charge >= 0.3 is 5.97 Å². The van der Waals surface area contributed by atoms with E-state index in [0.29, 0.717) is 5.56 Å². The molecule has 0 atom stereocenters. The average molecular weight is 345 g/mol. The van der Waals surface area contributed by atoms with Crippen molar-refractivity contribution >= 4 is 5.97 Å². The Morgan fingerprint density at radius 2 is 1.76 bits per heavy atom. The number of aromatic nitrogens is 1. The van der Waals surface area contributed by atoms with Gasteiger partial charge in [0.25, 0.3) is 0 Å². The van der Waals surface area contributed by atoms with Crippen LogP contribution in [0.5, 0.6) is 0 Å². The standard InChI is InChI=1S/C21H28FNO2/c1-3-4-5-6-7-8-9-10-16-12-11-15(2)17(13-16)18-14-23-20(19(18)22)21(24)25/h11-14,23H,3-10H2,1-2H3,(H,24,25). The second-order valence-electron chi connectivity index (χ2n) is 6.72. The van der Waals surface area contributed by atoms with Gasteiger partial charge in [-0.2, -0.15) is 0 Å². The highest BCUT2D eigenvalue weighted by atomic mass is 19.1. The molecule has 1 aromatic heterocycles. The Hall–Kier alpha value is -2.10. The summed E-state index contributed by atoms with van der Waals surface area (Å²) in [5.41, 5.74) is 2.83. The van der Waals surface area contributed by atoms with Crippen LogP contribution < -0.4 is 0 Å². The van der Waals surface area contributed by atoms with Crippen molar-refractivity contribution in [2.24, 2.45) is 0 Å². The number of hydrogen-bond acceptors (Lipinski definition) is 1. The highest BCUT2D eigenvalue weighted by Gasteiger charge is 2.19. The van der Waals surface area contributed by atoms with E-state index >= 15 is 0 Å². The Bertz CT molecular complexity index is 706. The van der Waals surface area contributed by atoms with Crippen molar-refractivity contribution in [2.45, 2.75) is 65.2 Å². The van der Waals surface area contributed by atoms with Gasteiger partial charge in [0.1, 0.15) is 0 Å². The van der Waals surface area contributed by atoms with Gasteiger partial charge in [-0.3, -0.25) is 0 Å². The van der Waals surface area contributed by atoms with Crippen molar-refractivity contribution in [3.8, 4) is 11.1 Å². The topological polar surface area (TPSA) is 53.1 Å². The van der Waals surface area contributed by atoms with E-state index < -0.39 is 11.8 Å². The first-order chi connectivity index (χ1) is 12.0. The zero-order chi connectivity index (χ0) is 18.2. The van der Waals surface area contributed by atoms with E-state index in [1.807, 2.05) is 19.1 Å². The average Bonchev–Trinajstić information content (AvgIpc) is 2.97. The summed E-state index contributed by atoms with van der Waals surface area (Å²) in [4.78, 5) is 13.5. The Kier molecular flexibility index (Phi) is 7.23. The SMILES string of the molecule is CCCCCCCCCc1ccc(C)c(-c2c[nH]c(C(=O)O)c2F)c1. The fourth-order valence-corrected chi connectivity index (χ4v) is 3.16. The van der Waals surface area contributed by atoms with Crippen LogP contribution >= 0.6 is 0 Å². The van der Waals surface area contributed by atoms with Crippen molar-refractivity contribution in [2.75, 3.05) is 0 Å². The van der Waals surface area contributed by atoms with E-state index in [0.717, 1.165) is 24.0 Å². The maximum absolute atomic E-state index is 14.3. The van der Waals surface area contributed by atoms with Crippen LogP contribution in [0.15, 0.2) is 24.4 Å². The lowest BCUT2D eigenvalue weighted by molar-refractivity contribution is 0.0686. The molecule has 0 unspecified atom stereocenters. The molecular weight excluding hydrogens is 317 g/mol. The number of hydrogen-bond donors (Lipinski definition) is 2. The first kappa shape index (κ1) is 19.2. The van der Waals surface area contributed by atoms with Gasteiger partial charge in [0.05, 0.1) is 0 Å². The van der Waals surface area contributed by atoms with E-state index in [1.165, 1.54) is 50.3 Å². The molecule has 2 N–H and O–H groups in total. The Morgan fingerprint density at radius 1 is 1.08 bits per heavy atom. The van der Waals surface area contributed by atoms with Crippen molar-refractivity contribution in [1.82, 2.24) is 4.98 Å². The van der Waals surface area contributed by atoms with Crippen LogP contribution in [0.25, 0.3) is 11.1 Å². The monoisotopic (exact) mass is 345 g/mol. The number of halogens is 1. The lowest BCUT2D eigenvalue weighted by atomic mass is 9.97. The fourth-order valence-electron chi connectivity index (χ4n) is 3.16. The highest BCUT2D eigenvalue weighted by molar-refractivity contribution is 5.88. The predicted molar refractivity (Wildman–Crippen MR) is 99.6 cm³/mol. The van der Waals surface area contributed by atoms with Gasteiger partial charge in [-0.25, -0.2) is 9.18 Å². The minimum Gasteiger partial charge on any atom is -0.476 e. The van der Waals surface area contributed by atoms with E-state index in [1.54, 1.807) is 0 Å². The molecule has 0 fully saturated rings. The van der Waals surface area contributed by atoms with Crippen LogP contribution in [0.1, 0.15) is 73.5 Å². The third kappa shape index (κ3) is 5.18. The van der Waals surface area contributed by atoms with E-state index in [4.69, 9.17) is 5.11 Å². The number of nitrogens with one attached hydrogen (secondary N) is 1. The number of unbranched alkanes of at least 4 members (excludes halogenated alkanes) is 6. The lowest BCUT2D eigenvalue weighted by Gasteiger charge is -2.08. The normalized spacial score (nSPS) is 11.0. The van der Waals surface area contributed by atoms with Crippen molar-refractivity contribution in [1.29, 1.82) is 0 Å². The number of aromatic amines is 1. The summed E-state index contributed by atoms with van der Waals surface area (Å²) in [6, 6.07) is 6.06. The molecule has 1 heterocycles.